The van der Waals surface area contributed by atoms with Crippen LogP contribution in [0.25, 0.3) is 0 Å². The van der Waals surface area contributed by atoms with Crippen LogP contribution in [0.15, 0.2) is 24.4 Å². The van der Waals surface area contributed by atoms with Crippen LogP contribution in [0.4, 0.5) is 10.6 Å². The fraction of sp³-hybridized carbons (Fsp3) is 0.571. The molecular weight excluding hydrogens is 434 g/mol. The molecule has 12 nitrogen and oxygen atoms in total. The van der Waals surface area contributed by atoms with Gasteiger partial charge in [0.2, 0.25) is 11.8 Å². The van der Waals surface area contributed by atoms with Gasteiger partial charge in [0.05, 0.1) is 18.7 Å². The van der Waals surface area contributed by atoms with Crippen molar-refractivity contribution in [3.05, 3.63) is 24.4 Å². The van der Waals surface area contributed by atoms with E-state index < -0.39 is 41.4 Å². The molecule has 0 aliphatic carbocycles. The first-order valence-electron chi connectivity index (χ1n) is 10.5. The highest BCUT2D eigenvalue weighted by molar-refractivity contribution is 5.87. The first-order chi connectivity index (χ1) is 15.5. The number of likely N-dealkylation sites (tertiary alicyclic amines) is 1. The molecule has 1 fully saturated rings. The number of carboxylic acids is 1. The molecular formula is C21H31N5O7. The predicted octanol–water partition coefficient (Wildman–Crippen LogP) is 0.363. The largest absolute Gasteiger partial charge is 0.480 e. The third kappa shape index (κ3) is 8.22. The van der Waals surface area contributed by atoms with Crippen LogP contribution in [0, 0.1) is 5.41 Å². The van der Waals surface area contributed by atoms with Gasteiger partial charge in [0.25, 0.3) is 0 Å². The van der Waals surface area contributed by atoms with Crippen LogP contribution in [0.3, 0.4) is 0 Å². The first-order valence-corrected chi connectivity index (χ1v) is 10.5. The number of carbonyl (C=O) groups is 4. The monoisotopic (exact) mass is 465 g/mol. The molecule has 33 heavy (non-hydrogen) atoms. The first kappa shape index (κ1) is 25.8. The molecule has 182 valence electrons. The van der Waals surface area contributed by atoms with E-state index in [4.69, 9.17) is 4.74 Å². The highest BCUT2D eigenvalue weighted by atomic mass is 16.5. The molecule has 0 aromatic carbocycles. The van der Waals surface area contributed by atoms with Gasteiger partial charge in [-0.2, -0.15) is 0 Å². The predicted molar refractivity (Wildman–Crippen MR) is 118 cm³/mol. The number of carboxylic acid groups (broad SMARTS) is 2. The number of rotatable bonds is 10. The third-order valence-corrected chi connectivity index (χ3v) is 5.04. The lowest BCUT2D eigenvalue weighted by Crippen LogP contribution is -2.51. The Morgan fingerprint density at radius 1 is 1.24 bits per heavy atom. The topological polar surface area (TPSA) is 170 Å². The Balaban J connectivity index is 1.80. The number of aliphatic carboxylic acids is 1. The maximum absolute atomic E-state index is 12.1. The van der Waals surface area contributed by atoms with E-state index in [1.807, 2.05) is 6.07 Å². The van der Waals surface area contributed by atoms with Gasteiger partial charge in [-0.25, -0.2) is 14.6 Å². The molecule has 1 aromatic rings. The highest BCUT2D eigenvalue weighted by Gasteiger charge is 2.36. The number of ether oxygens (including phenoxy) is 1. The molecule has 2 rings (SSSR count). The standard InChI is InChI=1S/C21H31N5O7/c1-21(2,3)19(30)25-15(18(28)29)10-24-17(27)12-33-14-8-13(26(11-14)20(31)32)9-23-16-6-4-5-7-22-16/h4-7,13-15H,8-12H2,1-3H3,(H,22,23)(H,24,27)(H,25,30)(H,28,29)(H,31,32). The number of hydrogen-bond acceptors (Lipinski definition) is 7. The van der Waals surface area contributed by atoms with Crippen molar-refractivity contribution in [2.45, 2.75) is 45.4 Å². The van der Waals surface area contributed by atoms with E-state index in [1.165, 1.54) is 4.90 Å². The number of nitrogens with one attached hydrogen (secondary N) is 3. The molecule has 1 aliphatic heterocycles. The molecule has 1 aliphatic rings. The Hall–Kier alpha value is -3.41. The average Bonchev–Trinajstić information content (AvgIpc) is 3.17. The molecule has 3 atom stereocenters. The number of nitrogens with zero attached hydrogens (tertiary/aromatic N) is 2. The molecule has 0 spiro atoms. The molecule has 5 N–H and O–H groups in total. The minimum absolute atomic E-state index is 0.108. The minimum atomic E-state index is -1.28. The van der Waals surface area contributed by atoms with Crippen molar-refractivity contribution in [1.82, 2.24) is 20.5 Å². The lowest BCUT2D eigenvalue weighted by molar-refractivity contribution is -0.143. The number of anilines is 1. The van der Waals surface area contributed by atoms with Crippen molar-refractivity contribution in [3.63, 3.8) is 0 Å². The average molecular weight is 466 g/mol. The van der Waals surface area contributed by atoms with E-state index in [1.54, 1.807) is 39.1 Å². The Morgan fingerprint density at radius 2 is 1.97 bits per heavy atom. The highest BCUT2D eigenvalue weighted by Crippen LogP contribution is 2.21. The Bertz CT molecular complexity index is 843. The van der Waals surface area contributed by atoms with Gasteiger partial charge in [0, 0.05) is 24.7 Å². The molecule has 3 amide bonds. The fourth-order valence-electron chi connectivity index (χ4n) is 3.15. The summed E-state index contributed by atoms with van der Waals surface area (Å²) in [5, 5.41) is 26.6. The quantitative estimate of drug-likeness (QED) is 0.327. The number of amides is 3. The molecule has 1 aromatic heterocycles. The number of carbonyl (C=O) groups excluding carboxylic acids is 2. The van der Waals surface area contributed by atoms with E-state index in [0.29, 0.717) is 18.8 Å². The Kier molecular flexibility index (Phi) is 8.97. The van der Waals surface area contributed by atoms with Crippen molar-refractivity contribution in [1.29, 1.82) is 0 Å². The summed E-state index contributed by atoms with van der Waals surface area (Å²) in [6.45, 7) is 4.72. The van der Waals surface area contributed by atoms with E-state index in [0.717, 1.165) is 0 Å². The zero-order chi connectivity index (χ0) is 24.6. The molecule has 0 saturated carbocycles. The van der Waals surface area contributed by atoms with Crippen LogP contribution >= 0.6 is 0 Å². The van der Waals surface area contributed by atoms with Gasteiger partial charge in [-0.05, 0) is 18.6 Å². The second kappa shape index (κ2) is 11.5. The Labute approximate surface area is 191 Å². The van der Waals surface area contributed by atoms with Crippen molar-refractivity contribution in [2.75, 3.05) is 31.6 Å². The van der Waals surface area contributed by atoms with Gasteiger partial charge < -0.3 is 35.8 Å². The zero-order valence-electron chi connectivity index (χ0n) is 18.9. The van der Waals surface area contributed by atoms with Crippen LogP contribution in [0.2, 0.25) is 0 Å². The zero-order valence-corrected chi connectivity index (χ0v) is 18.9. The van der Waals surface area contributed by atoms with Crippen molar-refractivity contribution in [3.8, 4) is 0 Å². The van der Waals surface area contributed by atoms with E-state index >= 15 is 0 Å². The molecule has 0 bridgehead atoms. The van der Waals surface area contributed by atoms with Gasteiger partial charge in [-0.1, -0.05) is 26.8 Å². The second-order valence-electron chi connectivity index (χ2n) is 8.77. The number of hydrogen-bond donors (Lipinski definition) is 5. The Morgan fingerprint density at radius 3 is 2.55 bits per heavy atom. The summed E-state index contributed by atoms with van der Waals surface area (Å²) < 4.78 is 5.56. The third-order valence-electron chi connectivity index (χ3n) is 5.04. The van der Waals surface area contributed by atoms with Crippen LogP contribution in [0.1, 0.15) is 27.2 Å². The van der Waals surface area contributed by atoms with Crippen molar-refractivity contribution < 1.29 is 34.1 Å². The van der Waals surface area contributed by atoms with Gasteiger partial charge in [0.1, 0.15) is 18.5 Å². The summed E-state index contributed by atoms with van der Waals surface area (Å²) in [7, 11) is 0. The molecule has 12 heteroatoms. The number of pyridine rings is 1. The molecule has 2 heterocycles. The smallest absolute Gasteiger partial charge is 0.407 e. The van der Waals surface area contributed by atoms with Crippen molar-refractivity contribution in [2.24, 2.45) is 5.41 Å². The van der Waals surface area contributed by atoms with Crippen LogP contribution in [0.5, 0.6) is 0 Å². The van der Waals surface area contributed by atoms with Gasteiger partial charge >= 0.3 is 12.1 Å². The van der Waals surface area contributed by atoms with E-state index in [-0.39, 0.29) is 25.7 Å². The number of aromatic nitrogens is 1. The van der Waals surface area contributed by atoms with Gasteiger partial charge in [-0.15, -0.1) is 0 Å². The molecule has 0 radical (unpaired) electrons. The lowest BCUT2D eigenvalue weighted by Gasteiger charge is -2.22. The summed E-state index contributed by atoms with van der Waals surface area (Å²) in [6.07, 6.45) is 0.439. The molecule has 3 unspecified atom stereocenters. The van der Waals surface area contributed by atoms with Gasteiger partial charge in [-0.3, -0.25) is 9.59 Å². The second-order valence-corrected chi connectivity index (χ2v) is 8.77. The fourth-order valence-corrected chi connectivity index (χ4v) is 3.15. The maximum Gasteiger partial charge on any atom is 0.407 e. The summed E-state index contributed by atoms with van der Waals surface area (Å²) in [5.74, 6) is -1.67. The van der Waals surface area contributed by atoms with Crippen LogP contribution < -0.4 is 16.0 Å². The summed E-state index contributed by atoms with van der Waals surface area (Å²) in [4.78, 5) is 52.5. The van der Waals surface area contributed by atoms with Gasteiger partial charge in [0.15, 0.2) is 0 Å². The maximum atomic E-state index is 12.1. The van der Waals surface area contributed by atoms with Crippen LogP contribution in [-0.2, 0) is 19.1 Å². The summed E-state index contributed by atoms with van der Waals surface area (Å²) >= 11 is 0. The van der Waals surface area contributed by atoms with Crippen molar-refractivity contribution >= 4 is 29.7 Å². The summed E-state index contributed by atoms with van der Waals surface area (Å²) in [6, 6.07) is 3.72. The summed E-state index contributed by atoms with van der Waals surface area (Å²) in [5.41, 5.74) is -0.777. The van der Waals surface area contributed by atoms with E-state index in [9.17, 15) is 29.4 Å². The lowest BCUT2D eigenvalue weighted by atomic mass is 9.95. The van der Waals surface area contributed by atoms with Crippen LogP contribution in [-0.4, -0.2) is 88.4 Å². The minimum Gasteiger partial charge on any atom is -0.480 e. The SMILES string of the molecule is CC(C)(C)C(=O)NC(CNC(=O)COC1CC(CNc2ccccn2)N(C(=O)O)C1)C(=O)O. The molecule has 1 saturated heterocycles. The van der Waals surface area contributed by atoms with E-state index in [2.05, 4.69) is 20.9 Å². The normalized spacial score (nSPS) is 18.9.